The highest BCUT2D eigenvalue weighted by atomic mass is 32.2. The van der Waals surface area contributed by atoms with Gasteiger partial charge in [0.1, 0.15) is 0 Å². The average molecular weight is 387 g/mol. The fraction of sp³-hybridized carbons (Fsp3) is 0.211. The highest BCUT2D eigenvalue weighted by Crippen LogP contribution is 2.27. The average Bonchev–Trinajstić information content (AvgIpc) is 3.13. The van der Waals surface area contributed by atoms with Crippen LogP contribution in [0, 0.1) is 5.82 Å². The second kappa shape index (κ2) is 8.68. The molecule has 2 aromatic carbocycles. The molecule has 0 saturated carbocycles. The van der Waals surface area contributed by atoms with Crippen LogP contribution >= 0.6 is 11.8 Å². The third kappa shape index (κ3) is 5.07. The number of nitrogens with zero attached hydrogens (tertiary/aromatic N) is 2. The number of amides is 1. The van der Waals surface area contributed by atoms with E-state index in [0.717, 1.165) is 11.8 Å². The zero-order chi connectivity index (χ0) is 19.2. The molecule has 0 aliphatic carbocycles. The summed E-state index contributed by atoms with van der Waals surface area (Å²) in [6.07, 6.45) is -0.628. The number of aromatic nitrogens is 2. The van der Waals surface area contributed by atoms with Crippen LogP contribution in [0.25, 0.3) is 0 Å². The molecule has 0 fully saturated rings. The van der Waals surface area contributed by atoms with Crippen LogP contribution in [0.2, 0.25) is 0 Å². The molecule has 1 aromatic heterocycles. The van der Waals surface area contributed by atoms with Gasteiger partial charge in [-0.1, -0.05) is 42.1 Å². The van der Waals surface area contributed by atoms with Gasteiger partial charge >= 0.3 is 0 Å². The lowest BCUT2D eigenvalue weighted by Gasteiger charge is -2.11. The molecule has 3 rings (SSSR count). The normalized spacial score (nSPS) is 13.0. The number of hydrogen-bond donors (Lipinski definition) is 1. The van der Waals surface area contributed by atoms with E-state index in [0.29, 0.717) is 5.69 Å². The van der Waals surface area contributed by atoms with Crippen molar-refractivity contribution in [1.29, 1.82) is 0 Å². The zero-order valence-corrected chi connectivity index (χ0v) is 15.6. The summed E-state index contributed by atoms with van der Waals surface area (Å²) < 4.78 is 24.7. The van der Waals surface area contributed by atoms with E-state index in [1.807, 2.05) is 30.3 Å². The largest absolute Gasteiger partial charge is 0.478 e. The SMILES string of the molecule is C[C@H](Sc1nnc([C@H](C)Oc2ccccc2F)o1)C(=O)Nc1ccccc1. The van der Waals surface area contributed by atoms with Crippen molar-refractivity contribution in [2.45, 2.75) is 30.4 Å². The van der Waals surface area contributed by atoms with Crippen molar-refractivity contribution in [3.63, 3.8) is 0 Å². The van der Waals surface area contributed by atoms with Crippen LogP contribution in [0.4, 0.5) is 10.1 Å². The van der Waals surface area contributed by atoms with E-state index in [9.17, 15) is 9.18 Å². The molecule has 2 atom stereocenters. The van der Waals surface area contributed by atoms with Crippen LogP contribution in [0.3, 0.4) is 0 Å². The molecule has 0 unspecified atom stereocenters. The molecule has 0 radical (unpaired) electrons. The van der Waals surface area contributed by atoms with E-state index in [1.54, 1.807) is 26.0 Å². The molecule has 0 spiro atoms. The number of benzene rings is 2. The maximum absolute atomic E-state index is 13.7. The zero-order valence-electron chi connectivity index (χ0n) is 14.8. The summed E-state index contributed by atoms with van der Waals surface area (Å²) >= 11 is 1.14. The van der Waals surface area contributed by atoms with Crippen molar-refractivity contribution in [2.75, 3.05) is 5.32 Å². The molecule has 1 N–H and O–H groups in total. The van der Waals surface area contributed by atoms with Crippen molar-refractivity contribution >= 4 is 23.4 Å². The van der Waals surface area contributed by atoms with Gasteiger partial charge in [-0.2, -0.15) is 0 Å². The Balaban J connectivity index is 1.58. The van der Waals surface area contributed by atoms with Crippen molar-refractivity contribution in [3.05, 3.63) is 66.3 Å². The van der Waals surface area contributed by atoms with E-state index < -0.39 is 17.2 Å². The van der Waals surface area contributed by atoms with Gasteiger partial charge in [-0.05, 0) is 38.1 Å². The molecule has 1 heterocycles. The lowest BCUT2D eigenvalue weighted by Crippen LogP contribution is -2.22. The van der Waals surface area contributed by atoms with E-state index in [-0.39, 0.29) is 22.8 Å². The third-order valence-corrected chi connectivity index (χ3v) is 4.53. The fourth-order valence-corrected chi connectivity index (χ4v) is 2.87. The van der Waals surface area contributed by atoms with Gasteiger partial charge in [0.25, 0.3) is 11.1 Å². The van der Waals surface area contributed by atoms with Gasteiger partial charge in [0.15, 0.2) is 17.7 Å². The van der Waals surface area contributed by atoms with Gasteiger partial charge < -0.3 is 14.5 Å². The first kappa shape index (κ1) is 18.9. The molecule has 8 heteroatoms. The van der Waals surface area contributed by atoms with Gasteiger partial charge in [-0.15, -0.1) is 10.2 Å². The second-order valence-electron chi connectivity index (χ2n) is 5.71. The summed E-state index contributed by atoms with van der Waals surface area (Å²) in [7, 11) is 0. The van der Waals surface area contributed by atoms with Crippen molar-refractivity contribution in [1.82, 2.24) is 10.2 Å². The number of carbonyl (C=O) groups excluding carboxylic acids is 1. The maximum Gasteiger partial charge on any atom is 0.277 e. The quantitative estimate of drug-likeness (QED) is 0.603. The number of carbonyl (C=O) groups is 1. The highest BCUT2D eigenvalue weighted by Gasteiger charge is 2.21. The van der Waals surface area contributed by atoms with E-state index in [4.69, 9.17) is 9.15 Å². The van der Waals surface area contributed by atoms with Crippen molar-refractivity contribution in [3.8, 4) is 5.75 Å². The fourth-order valence-electron chi connectivity index (χ4n) is 2.18. The Labute approximate surface area is 160 Å². The van der Waals surface area contributed by atoms with Crippen LogP contribution in [-0.4, -0.2) is 21.4 Å². The Kier molecular flexibility index (Phi) is 6.08. The lowest BCUT2D eigenvalue weighted by atomic mass is 10.3. The number of rotatable bonds is 7. The Hall–Kier alpha value is -2.87. The Bertz CT molecular complexity index is 904. The van der Waals surface area contributed by atoms with Gasteiger partial charge in [0.2, 0.25) is 5.91 Å². The molecular formula is C19H18FN3O3S. The highest BCUT2D eigenvalue weighted by molar-refractivity contribution is 8.00. The summed E-state index contributed by atoms with van der Waals surface area (Å²) in [5.41, 5.74) is 0.716. The molecular weight excluding hydrogens is 369 g/mol. The Morgan fingerprint density at radius 3 is 2.56 bits per heavy atom. The molecule has 0 bridgehead atoms. The molecule has 0 saturated heterocycles. The van der Waals surface area contributed by atoms with Crippen LogP contribution in [0.1, 0.15) is 25.8 Å². The minimum absolute atomic E-state index is 0.105. The summed E-state index contributed by atoms with van der Waals surface area (Å²) in [5.74, 6) is -0.337. The number of ether oxygens (including phenoxy) is 1. The van der Waals surface area contributed by atoms with Gasteiger partial charge in [0, 0.05) is 5.69 Å². The predicted octanol–water partition coefficient (Wildman–Crippen LogP) is 4.47. The molecule has 140 valence electrons. The smallest absolute Gasteiger partial charge is 0.277 e. The van der Waals surface area contributed by atoms with Crippen molar-refractivity contribution < 1.29 is 18.3 Å². The minimum atomic E-state index is -0.628. The van der Waals surface area contributed by atoms with Crippen molar-refractivity contribution in [2.24, 2.45) is 0 Å². The number of thioether (sulfide) groups is 1. The Morgan fingerprint density at radius 2 is 1.81 bits per heavy atom. The summed E-state index contributed by atoms with van der Waals surface area (Å²) in [6.45, 7) is 3.42. The van der Waals surface area contributed by atoms with Crippen LogP contribution in [0.5, 0.6) is 5.75 Å². The first-order valence-corrected chi connectivity index (χ1v) is 9.18. The topological polar surface area (TPSA) is 77.2 Å². The van der Waals surface area contributed by atoms with Gasteiger partial charge in [0.05, 0.1) is 5.25 Å². The lowest BCUT2D eigenvalue weighted by molar-refractivity contribution is -0.115. The number of nitrogens with one attached hydrogen (secondary N) is 1. The molecule has 1 amide bonds. The maximum atomic E-state index is 13.7. The summed E-state index contributed by atoms with van der Waals surface area (Å²) in [6, 6.07) is 15.3. The summed E-state index contributed by atoms with van der Waals surface area (Å²) in [4.78, 5) is 12.2. The van der Waals surface area contributed by atoms with Gasteiger partial charge in [-0.25, -0.2) is 4.39 Å². The number of hydrogen-bond acceptors (Lipinski definition) is 6. The molecule has 3 aromatic rings. The Morgan fingerprint density at radius 1 is 1.11 bits per heavy atom. The van der Waals surface area contributed by atoms with Crippen LogP contribution in [-0.2, 0) is 4.79 Å². The molecule has 6 nitrogen and oxygen atoms in total. The van der Waals surface area contributed by atoms with Gasteiger partial charge in [-0.3, -0.25) is 4.79 Å². The van der Waals surface area contributed by atoms with Crippen LogP contribution < -0.4 is 10.1 Å². The molecule has 0 aliphatic rings. The van der Waals surface area contributed by atoms with E-state index >= 15 is 0 Å². The second-order valence-corrected chi connectivity index (χ2v) is 7.00. The third-order valence-electron chi connectivity index (χ3n) is 3.60. The first-order chi connectivity index (χ1) is 13.0. The van der Waals surface area contributed by atoms with Crippen LogP contribution in [0.15, 0.2) is 64.2 Å². The first-order valence-electron chi connectivity index (χ1n) is 8.30. The predicted molar refractivity (Wildman–Crippen MR) is 100 cm³/mol. The van der Waals surface area contributed by atoms with E-state index in [1.165, 1.54) is 12.1 Å². The summed E-state index contributed by atoms with van der Waals surface area (Å²) in [5, 5.41) is 10.5. The molecule has 0 aliphatic heterocycles. The standard InChI is InChI=1S/C19H18FN3O3S/c1-12(25-16-11-7-6-10-15(16)20)18-22-23-19(26-18)27-13(2)17(24)21-14-8-4-3-5-9-14/h3-13H,1-2H3,(H,21,24)/t12-,13-/m0/s1. The monoisotopic (exact) mass is 387 g/mol. The van der Waals surface area contributed by atoms with E-state index in [2.05, 4.69) is 15.5 Å². The minimum Gasteiger partial charge on any atom is -0.478 e. The number of anilines is 1. The number of para-hydroxylation sites is 2. The number of halogens is 1. The molecule has 27 heavy (non-hydrogen) atoms.